The lowest BCUT2D eigenvalue weighted by Crippen LogP contribution is -2.05. The lowest BCUT2D eigenvalue weighted by molar-refractivity contribution is -0.428. The molecule has 0 fully saturated rings. The molecule has 0 unspecified atom stereocenters. The van der Waals surface area contributed by atoms with Crippen molar-refractivity contribution in [2.24, 2.45) is 0 Å². The van der Waals surface area contributed by atoms with Gasteiger partial charge in [-0.25, -0.2) is 4.79 Å². The van der Waals surface area contributed by atoms with E-state index in [0.717, 1.165) is 6.08 Å². The number of nitrogens with zero attached hydrogens (tertiary/aromatic N) is 1. The standard InChI is InChI=1S/C8H13NO4/c1-3-5-7(9(11)12)6-8(10)13-4-2/h6H,3-5H2,1-2H3/b7-6+. The van der Waals surface area contributed by atoms with E-state index in [9.17, 15) is 14.9 Å². The van der Waals surface area contributed by atoms with Crippen LogP contribution in [-0.4, -0.2) is 17.5 Å². The van der Waals surface area contributed by atoms with E-state index < -0.39 is 10.9 Å². The zero-order valence-electron chi connectivity index (χ0n) is 7.78. The van der Waals surface area contributed by atoms with E-state index in [1.807, 2.05) is 6.92 Å². The summed E-state index contributed by atoms with van der Waals surface area (Å²) in [6, 6.07) is 0. The SMILES string of the molecule is CCC/C(=C\C(=O)OCC)[N+](=O)[O-]. The zero-order valence-corrected chi connectivity index (χ0v) is 7.78. The number of hydrogen-bond acceptors (Lipinski definition) is 4. The smallest absolute Gasteiger partial charge is 0.337 e. The van der Waals surface area contributed by atoms with Crippen molar-refractivity contribution in [3.63, 3.8) is 0 Å². The van der Waals surface area contributed by atoms with Gasteiger partial charge in [0.2, 0.25) is 0 Å². The molecule has 13 heavy (non-hydrogen) atoms. The highest BCUT2D eigenvalue weighted by atomic mass is 16.6. The van der Waals surface area contributed by atoms with Gasteiger partial charge in [0.15, 0.2) is 0 Å². The van der Waals surface area contributed by atoms with Crippen LogP contribution in [-0.2, 0) is 9.53 Å². The molecule has 0 saturated carbocycles. The minimum atomic E-state index is -0.650. The first-order chi connectivity index (χ1) is 6.11. The molecule has 0 aromatic carbocycles. The molecule has 0 rings (SSSR count). The summed E-state index contributed by atoms with van der Waals surface area (Å²) in [5.74, 6) is -0.650. The molecule has 0 saturated heterocycles. The maximum atomic E-state index is 10.8. The third kappa shape index (κ3) is 4.95. The highest BCUT2D eigenvalue weighted by Crippen LogP contribution is 2.05. The monoisotopic (exact) mass is 187 g/mol. The van der Waals surface area contributed by atoms with Gasteiger partial charge in [0.05, 0.1) is 17.6 Å². The van der Waals surface area contributed by atoms with Crippen LogP contribution in [0.15, 0.2) is 11.8 Å². The fourth-order valence-electron chi connectivity index (χ4n) is 0.792. The van der Waals surface area contributed by atoms with Crippen LogP contribution in [0.2, 0.25) is 0 Å². The molecular weight excluding hydrogens is 174 g/mol. The molecule has 74 valence electrons. The minimum Gasteiger partial charge on any atom is -0.463 e. The van der Waals surface area contributed by atoms with Gasteiger partial charge in [-0.1, -0.05) is 6.92 Å². The average molecular weight is 187 g/mol. The zero-order chi connectivity index (χ0) is 10.3. The summed E-state index contributed by atoms with van der Waals surface area (Å²) >= 11 is 0. The van der Waals surface area contributed by atoms with E-state index in [1.54, 1.807) is 6.92 Å². The van der Waals surface area contributed by atoms with Crippen molar-refractivity contribution in [3.8, 4) is 0 Å². The second kappa shape index (κ2) is 6.16. The Morgan fingerprint density at radius 2 is 2.15 bits per heavy atom. The molecule has 0 aliphatic rings. The molecule has 0 amide bonds. The topological polar surface area (TPSA) is 69.4 Å². The van der Waals surface area contributed by atoms with Crippen LogP contribution in [0.1, 0.15) is 26.7 Å². The van der Waals surface area contributed by atoms with E-state index in [0.29, 0.717) is 6.42 Å². The molecule has 0 aromatic rings. The number of allylic oxidation sites excluding steroid dienone is 1. The third-order valence-electron chi connectivity index (χ3n) is 1.31. The molecule has 5 nitrogen and oxygen atoms in total. The van der Waals surface area contributed by atoms with Gasteiger partial charge in [-0.2, -0.15) is 0 Å². The average Bonchev–Trinajstić information content (AvgIpc) is 2.04. The molecule has 0 spiro atoms. The maximum Gasteiger partial charge on any atom is 0.337 e. The first-order valence-electron chi connectivity index (χ1n) is 4.13. The normalized spacial score (nSPS) is 11.1. The van der Waals surface area contributed by atoms with Crippen molar-refractivity contribution in [2.45, 2.75) is 26.7 Å². The van der Waals surface area contributed by atoms with Crippen molar-refractivity contribution >= 4 is 5.97 Å². The van der Waals surface area contributed by atoms with Crippen LogP contribution in [0.4, 0.5) is 0 Å². The summed E-state index contributed by atoms with van der Waals surface area (Å²) in [6.07, 6.45) is 1.85. The summed E-state index contributed by atoms with van der Waals surface area (Å²) in [4.78, 5) is 20.6. The van der Waals surface area contributed by atoms with Crippen molar-refractivity contribution in [3.05, 3.63) is 21.9 Å². The quantitative estimate of drug-likeness (QED) is 0.283. The number of ether oxygens (including phenoxy) is 1. The number of carbonyl (C=O) groups is 1. The Balaban J connectivity index is 4.34. The molecular formula is C8H13NO4. The molecule has 0 aliphatic carbocycles. The first-order valence-corrected chi connectivity index (χ1v) is 4.13. The van der Waals surface area contributed by atoms with Crippen molar-refractivity contribution in [2.75, 3.05) is 6.61 Å². The molecule has 0 bridgehead atoms. The van der Waals surface area contributed by atoms with Gasteiger partial charge in [0.1, 0.15) is 0 Å². The largest absolute Gasteiger partial charge is 0.463 e. The molecule has 0 heterocycles. The predicted molar refractivity (Wildman–Crippen MR) is 46.6 cm³/mol. The first kappa shape index (κ1) is 11.6. The molecule has 0 radical (unpaired) electrons. The summed E-state index contributed by atoms with van der Waals surface area (Å²) in [6.45, 7) is 3.69. The Labute approximate surface area is 76.5 Å². The minimum absolute atomic E-state index is 0.0963. The van der Waals surface area contributed by atoms with Crippen molar-refractivity contribution < 1.29 is 14.5 Å². The van der Waals surface area contributed by atoms with Crippen LogP contribution in [0.25, 0.3) is 0 Å². The second-order valence-corrected chi connectivity index (χ2v) is 2.39. The Bertz CT molecular complexity index is 222. The van der Waals surface area contributed by atoms with Gasteiger partial charge in [-0.3, -0.25) is 10.1 Å². The summed E-state index contributed by atoms with van der Waals surface area (Å²) in [5.41, 5.74) is -0.0963. The Kier molecular flexibility index (Phi) is 5.50. The van der Waals surface area contributed by atoms with Crippen LogP contribution in [0.3, 0.4) is 0 Å². The van der Waals surface area contributed by atoms with Gasteiger partial charge < -0.3 is 4.74 Å². The fraction of sp³-hybridized carbons (Fsp3) is 0.625. The van der Waals surface area contributed by atoms with E-state index in [4.69, 9.17) is 0 Å². The second-order valence-electron chi connectivity index (χ2n) is 2.39. The van der Waals surface area contributed by atoms with E-state index in [1.165, 1.54) is 0 Å². The van der Waals surface area contributed by atoms with E-state index in [-0.39, 0.29) is 18.7 Å². The Morgan fingerprint density at radius 3 is 2.54 bits per heavy atom. The molecule has 5 heteroatoms. The Hall–Kier alpha value is -1.39. The van der Waals surface area contributed by atoms with Gasteiger partial charge in [-0.05, 0) is 13.3 Å². The summed E-state index contributed by atoms with van der Waals surface area (Å²) < 4.78 is 4.55. The lowest BCUT2D eigenvalue weighted by Gasteiger charge is -1.97. The third-order valence-corrected chi connectivity index (χ3v) is 1.31. The number of carbonyl (C=O) groups excluding carboxylic acids is 1. The highest BCUT2D eigenvalue weighted by Gasteiger charge is 2.12. The predicted octanol–water partition coefficient (Wildman–Crippen LogP) is 1.51. The molecule has 0 N–H and O–H groups in total. The molecule has 0 atom stereocenters. The van der Waals surface area contributed by atoms with Crippen LogP contribution < -0.4 is 0 Å². The Morgan fingerprint density at radius 1 is 1.54 bits per heavy atom. The number of esters is 1. The lowest BCUT2D eigenvalue weighted by atomic mass is 10.2. The van der Waals surface area contributed by atoms with Gasteiger partial charge in [-0.15, -0.1) is 0 Å². The van der Waals surface area contributed by atoms with Crippen molar-refractivity contribution in [1.29, 1.82) is 0 Å². The number of rotatable bonds is 5. The summed E-state index contributed by atoms with van der Waals surface area (Å²) in [7, 11) is 0. The van der Waals surface area contributed by atoms with Crippen LogP contribution >= 0.6 is 0 Å². The van der Waals surface area contributed by atoms with Gasteiger partial charge in [0, 0.05) is 6.42 Å². The van der Waals surface area contributed by atoms with Crippen molar-refractivity contribution in [1.82, 2.24) is 0 Å². The number of nitro groups is 1. The maximum absolute atomic E-state index is 10.8. The van der Waals surface area contributed by atoms with Crippen LogP contribution in [0, 0.1) is 10.1 Å². The fourth-order valence-corrected chi connectivity index (χ4v) is 0.792. The highest BCUT2D eigenvalue weighted by molar-refractivity contribution is 5.82. The van der Waals surface area contributed by atoms with Crippen LogP contribution in [0.5, 0.6) is 0 Å². The summed E-state index contributed by atoms with van der Waals surface area (Å²) in [5, 5.41) is 10.4. The molecule has 0 aliphatic heterocycles. The van der Waals surface area contributed by atoms with Gasteiger partial charge >= 0.3 is 5.97 Å². The van der Waals surface area contributed by atoms with E-state index in [2.05, 4.69) is 4.74 Å². The van der Waals surface area contributed by atoms with E-state index >= 15 is 0 Å². The van der Waals surface area contributed by atoms with Gasteiger partial charge in [0.25, 0.3) is 5.70 Å². The molecule has 0 aromatic heterocycles. The number of hydrogen-bond donors (Lipinski definition) is 0.